The molecule has 0 amide bonds. The maximum Gasteiger partial charge on any atom is 0.187 e. The van der Waals surface area contributed by atoms with Gasteiger partial charge in [0.25, 0.3) is 0 Å². The number of methoxy groups -OCH3 is 1. The summed E-state index contributed by atoms with van der Waals surface area (Å²) in [6, 6.07) is 0. The average molecular weight is 283 g/mol. The molecule has 0 unspecified atom stereocenters. The molecule has 108 valence electrons. The average Bonchev–Trinajstić information content (AvgIpc) is 2.85. The third kappa shape index (κ3) is 6.68. The number of unbranched alkanes of at least 4 members (excludes halogenated alkanes) is 2. The SMILES string of the molecule is CCCCCC1=CCCC1=NNC(=S)NCCOC. The van der Waals surface area contributed by atoms with E-state index in [9.17, 15) is 0 Å². The number of thiocarbonyl (C=S) groups is 1. The van der Waals surface area contributed by atoms with Crippen molar-refractivity contribution in [2.45, 2.75) is 45.4 Å². The summed E-state index contributed by atoms with van der Waals surface area (Å²) in [5.74, 6) is 0. The highest BCUT2D eigenvalue weighted by Gasteiger charge is 2.12. The molecule has 4 nitrogen and oxygen atoms in total. The maximum atomic E-state index is 5.14. The molecule has 2 N–H and O–H groups in total. The monoisotopic (exact) mass is 283 g/mol. The van der Waals surface area contributed by atoms with Crippen LogP contribution in [-0.2, 0) is 4.74 Å². The van der Waals surface area contributed by atoms with Gasteiger partial charge >= 0.3 is 0 Å². The lowest BCUT2D eigenvalue weighted by atomic mass is 10.1. The van der Waals surface area contributed by atoms with E-state index in [2.05, 4.69) is 28.8 Å². The van der Waals surface area contributed by atoms with Crippen molar-refractivity contribution in [3.05, 3.63) is 11.6 Å². The van der Waals surface area contributed by atoms with E-state index in [0.717, 1.165) is 25.0 Å². The Morgan fingerprint density at radius 3 is 3.05 bits per heavy atom. The lowest BCUT2D eigenvalue weighted by Crippen LogP contribution is -2.34. The molecule has 1 aliphatic carbocycles. The molecule has 0 heterocycles. The van der Waals surface area contributed by atoms with Crippen LogP contribution in [-0.4, -0.2) is 31.1 Å². The minimum absolute atomic E-state index is 0.560. The second-order valence-corrected chi connectivity index (χ2v) is 5.05. The van der Waals surface area contributed by atoms with Crippen LogP contribution in [0.3, 0.4) is 0 Å². The second-order valence-electron chi connectivity index (χ2n) is 4.64. The lowest BCUT2D eigenvalue weighted by Gasteiger charge is -2.08. The zero-order valence-corrected chi connectivity index (χ0v) is 12.8. The summed E-state index contributed by atoms with van der Waals surface area (Å²) < 4.78 is 4.95. The van der Waals surface area contributed by atoms with Crippen LogP contribution in [0.15, 0.2) is 16.8 Å². The fourth-order valence-corrected chi connectivity index (χ4v) is 2.17. The summed E-state index contributed by atoms with van der Waals surface area (Å²) in [7, 11) is 1.67. The van der Waals surface area contributed by atoms with E-state index < -0.39 is 0 Å². The zero-order valence-electron chi connectivity index (χ0n) is 12.0. The molecule has 0 bridgehead atoms. The molecule has 19 heavy (non-hydrogen) atoms. The third-order valence-electron chi connectivity index (χ3n) is 3.08. The first-order valence-corrected chi connectivity index (χ1v) is 7.47. The molecule has 0 aromatic rings. The van der Waals surface area contributed by atoms with Gasteiger partial charge in [-0.2, -0.15) is 5.10 Å². The number of ether oxygens (including phenoxy) is 1. The molecule has 0 atom stereocenters. The van der Waals surface area contributed by atoms with Gasteiger partial charge in [0, 0.05) is 13.7 Å². The Hall–Kier alpha value is -0.940. The molecule has 0 saturated carbocycles. The fourth-order valence-electron chi connectivity index (χ4n) is 2.03. The van der Waals surface area contributed by atoms with Gasteiger partial charge in [0.1, 0.15) is 0 Å². The first-order valence-electron chi connectivity index (χ1n) is 7.06. The van der Waals surface area contributed by atoms with Gasteiger partial charge in [-0.05, 0) is 43.5 Å². The van der Waals surface area contributed by atoms with E-state index in [4.69, 9.17) is 17.0 Å². The molecule has 0 fully saturated rings. The largest absolute Gasteiger partial charge is 0.383 e. The molecule has 0 saturated heterocycles. The fraction of sp³-hybridized carbons (Fsp3) is 0.714. The van der Waals surface area contributed by atoms with Crippen molar-refractivity contribution < 1.29 is 4.74 Å². The number of allylic oxidation sites excluding steroid dienone is 2. The molecule has 0 spiro atoms. The van der Waals surface area contributed by atoms with Crippen molar-refractivity contribution in [2.24, 2.45) is 5.10 Å². The maximum absolute atomic E-state index is 5.14. The minimum Gasteiger partial charge on any atom is -0.383 e. The normalized spacial score (nSPS) is 16.5. The van der Waals surface area contributed by atoms with E-state index in [1.807, 2.05) is 0 Å². The van der Waals surface area contributed by atoms with E-state index in [1.165, 1.54) is 24.8 Å². The molecule has 0 aliphatic heterocycles. The Bertz CT molecular complexity index is 340. The van der Waals surface area contributed by atoms with Crippen LogP contribution in [0.2, 0.25) is 0 Å². The summed E-state index contributed by atoms with van der Waals surface area (Å²) in [6.45, 7) is 3.57. The second kappa shape index (κ2) is 9.92. The molecule has 0 aromatic heterocycles. The Kier molecular flexibility index (Phi) is 8.41. The summed E-state index contributed by atoms with van der Waals surface area (Å²) >= 11 is 5.14. The first-order chi connectivity index (χ1) is 9.27. The van der Waals surface area contributed by atoms with Crippen molar-refractivity contribution in [2.75, 3.05) is 20.3 Å². The van der Waals surface area contributed by atoms with Gasteiger partial charge in [0.05, 0.1) is 12.3 Å². The molecular weight excluding hydrogens is 258 g/mol. The molecule has 1 rings (SSSR count). The van der Waals surface area contributed by atoms with Crippen molar-refractivity contribution in [1.82, 2.24) is 10.7 Å². The van der Waals surface area contributed by atoms with Crippen molar-refractivity contribution in [3.8, 4) is 0 Å². The van der Waals surface area contributed by atoms with Crippen LogP contribution >= 0.6 is 12.2 Å². The summed E-state index contributed by atoms with van der Waals surface area (Å²) in [4.78, 5) is 0. The Balaban J connectivity index is 2.30. The number of nitrogens with zero attached hydrogens (tertiary/aromatic N) is 1. The highest BCUT2D eigenvalue weighted by molar-refractivity contribution is 7.80. The quantitative estimate of drug-likeness (QED) is 0.408. The predicted molar refractivity (Wildman–Crippen MR) is 84.5 cm³/mol. The lowest BCUT2D eigenvalue weighted by molar-refractivity contribution is 0.204. The summed E-state index contributed by atoms with van der Waals surface area (Å²) in [5, 5.41) is 8.02. The smallest absolute Gasteiger partial charge is 0.187 e. The minimum atomic E-state index is 0.560. The van der Waals surface area contributed by atoms with Crippen LogP contribution < -0.4 is 10.7 Å². The van der Waals surface area contributed by atoms with E-state index in [-0.39, 0.29) is 0 Å². The molecular formula is C14H25N3OS. The predicted octanol–water partition coefficient (Wildman–Crippen LogP) is 2.75. The highest BCUT2D eigenvalue weighted by atomic mass is 32.1. The zero-order chi connectivity index (χ0) is 13.9. The van der Waals surface area contributed by atoms with Crippen LogP contribution in [0.25, 0.3) is 0 Å². The van der Waals surface area contributed by atoms with Gasteiger partial charge in [-0.1, -0.05) is 25.8 Å². The van der Waals surface area contributed by atoms with Crippen molar-refractivity contribution >= 4 is 23.0 Å². The van der Waals surface area contributed by atoms with Crippen molar-refractivity contribution in [3.63, 3.8) is 0 Å². The van der Waals surface area contributed by atoms with Gasteiger partial charge < -0.3 is 10.1 Å². The molecule has 0 radical (unpaired) electrons. The van der Waals surface area contributed by atoms with Gasteiger partial charge in [0.2, 0.25) is 0 Å². The van der Waals surface area contributed by atoms with Crippen LogP contribution in [0, 0.1) is 0 Å². The van der Waals surface area contributed by atoms with E-state index in [0.29, 0.717) is 18.3 Å². The van der Waals surface area contributed by atoms with Crippen molar-refractivity contribution in [1.29, 1.82) is 0 Å². The Morgan fingerprint density at radius 2 is 2.32 bits per heavy atom. The Morgan fingerprint density at radius 1 is 1.47 bits per heavy atom. The van der Waals surface area contributed by atoms with Gasteiger partial charge in [0.15, 0.2) is 5.11 Å². The number of hydrogen-bond acceptors (Lipinski definition) is 3. The summed E-state index contributed by atoms with van der Waals surface area (Å²) in [5.41, 5.74) is 5.46. The molecule has 5 heteroatoms. The van der Waals surface area contributed by atoms with Gasteiger partial charge in [-0.3, -0.25) is 5.43 Å². The number of hydrazone groups is 1. The van der Waals surface area contributed by atoms with Crippen LogP contribution in [0.4, 0.5) is 0 Å². The topological polar surface area (TPSA) is 45.7 Å². The molecule has 1 aliphatic rings. The van der Waals surface area contributed by atoms with Gasteiger partial charge in [-0.25, -0.2) is 0 Å². The summed E-state index contributed by atoms with van der Waals surface area (Å²) in [6.07, 6.45) is 9.36. The highest BCUT2D eigenvalue weighted by Crippen LogP contribution is 2.20. The number of nitrogens with one attached hydrogen (secondary N) is 2. The Labute approximate surface area is 121 Å². The third-order valence-corrected chi connectivity index (χ3v) is 3.31. The first kappa shape index (κ1) is 16.1. The van der Waals surface area contributed by atoms with Crippen LogP contribution in [0.1, 0.15) is 45.4 Å². The standard InChI is InChI=1S/C14H25N3OS/c1-3-4-5-7-12-8-6-9-13(12)16-17-14(19)15-10-11-18-2/h8H,3-7,9-11H2,1-2H3,(H2,15,17,19). The number of rotatable bonds is 8. The van der Waals surface area contributed by atoms with E-state index in [1.54, 1.807) is 7.11 Å². The number of hydrogen-bond donors (Lipinski definition) is 2. The molecule has 0 aromatic carbocycles. The van der Waals surface area contributed by atoms with Crippen LogP contribution in [0.5, 0.6) is 0 Å². The van der Waals surface area contributed by atoms with E-state index >= 15 is 0 Å². The van der Waals surface area contributed by atoms with Gasteiger partial charge in [-0.15, -0.1) is 0 Å².